The molecular formula is C12H15FOS. The van der Waals surface area contributed by atoms with Gasteiger partial charge < -0.3 is 5.11 Å². The standard InChI is InChI=1S/C12H15FOS/c13-10-4-3-5-11(8-10)15-9-12(14)6-1-2-7-12/h3-5,8,14H,1-2,6-7,9H2. The lowest BCUT2D eigenvalue weighted by atomic mass is 10.1. The smallest absolute Gasteiger partial charge is 0.124 e. The van der Waals surface area contributed by atoms with E-state index in [4.69, 9.17) is 0 Å². The number of benzene rings is 1. The Labute approximate surface area is 93.7 Å². The summed E-state index contributed by atoms with van der Waals surface area (Å²) in [4.78, 5) is 0.898. The van der Waals surface area contributed by atoms with Crippen LogP contribution in [-0.2, 0) is 0 Å². The molecule has 1 N–H and O–H groups in total. The van der Waals surface area contributed by atoms with Crippen molar-refractivity contribution in [1.82, 2.24) is 0 Å². The zero-order valence-electron chi connectivity index (χ0n) is 8.58. The van der Waals surface area contributed by atoms with E-state index in [2.05, 4.69) is 0 Å². The second-order valence-corrected chi connectivity index (χ2v) is 5.23. The van der Waals surface area contributed by atoms with Crippen LogP contribution >= 0.6 is 11.8 Å². The summed E-state index contributed by atoms with van der Waals surface area (Å²) in [6.07, 6.45) is 3.99. The first-order chi connectivity index (χ1) is 7.18. The van der Waals surface area contributed by atoms with Gasteiger partial charge in [0.2, 0.25) is 0 Å². The molecular weight excluding hydrogens is 211 g/mol. The molecule has 3 heteroatoms. The van der Waals surface area contributed by atoms with Crippen LogP contribution in [-0.4, -0.2) is 16.5 Å². The van der Waals surface area contributed by atoms with Gasteiger partial charge in [0.05, 0.1) is 5.60 Å². The fourth-order valence-electron chi connectivity index (χ4n) is 1.95. The maximum Gasteiger partial charge on any atom is 0.124 e. The molecule has 1 aliphatic carbocycles. The number of aliphatic hydroxyl groups is 1. The molecule has 0 saturated heterocycles. The molecule has 1 fully saturated rings. The van der Waals surface area contributed by atoms with Gasteiger partial charge in [-0.15, -0.1) is 11.8 Å². The summed E-state index contributed by atoms with van der Waals surface area (Å²) in [5.41, 5.74) is -0.517. The highest BCUT2D eigenvalue weighted by Gasteiger charge is 2.30. The lowest BCUT2D eigenvalue weighted by molar-refractivity contribution is 0.0732. The first-order valence-corrected chi connectivity index (χ1v) is 6.27. The molecule has 0 atom stereocenters. The van der Waals surface area contributed by atoms with Gasteiger partial charge >= 0.3 is 0 Å². The van der Waals surface area contributed by atoms with E-state index in [1.807, 2.05) is 6.07 Å². The molecule has 1 aliphatic rings. The number of rotatable bonds is 3. The lowest BCUT2D eigenvalue weighted by Gasteiger charge is -2.21. The van der Waals surface area contributed by atoms with Crippen LogP contribution in [0.1, 0.15) is 25.7 Å². The van der Waals surface area contributed by atoms with Crippen LogP contribution in [0.3, 0.4) is 0 Å². The van der Waals surface area contributed by atoms with Gasteiger partial charge in [-0.25, -0.2) is 4.39 Å². The predicted octanol–water partition coefficient (Wildman–Crippen LogP) is 3.22. The van der Waals surface area contributed by atoms with Gasteiger partial charge in [0.25, 0.3) is 0 Å². The van der Waals surface area contributed by atoms with E-state index in [1.165, 1.54) is 12.1 Å². The van der Waals surface area contributed by atoms with E-state index in [-0.39, 0.29) is 5.82 Å². The fraction of sp³-hybridized carbons (Fsp3) is 0.500. The lowest BCUT2D eigenvalue weighted by Crippen LogP contribution is -2.26. The van der Waals surface area contributed by atoms with Crippen LogP contribution in [0.25, 0.3) is 0 Å². The molecule has 1 saturated carbocycles. The molecule has 1 aromatic rings. The Hall–Kier alpha value is -0.540. The molecule has 2 rings (SSSR count). The number of hydrogen-bond acceptors (Lipinski definition) is 2. The van der Waals surface area contributed by atoms with Crippen molar-refractivity contribution in [3.8, 4) is 0 Å². The van der Waals surface area contributed by atoms with Gasteiger partial charge in [-0.3, -0.25) is 0 Å². The van der Waals surface area contributed by atoms with E-state index in [0.29, 0.717) is 5.75 Å². The first kappa shape index (κ1) is 11.0. The monoisotopic (exact) mass is 226 g/mol. The third-order valence-electron chi connectivity index (χ3n) is 2.84. The van der Waals surface area contributed by atoms with E-state index < -0.39 is 5.60 Å². The van der Waals surface area contributed by atoms with Crippen LogP contribution in [0.2, 0.25) is 0 Å². The van der Waals surface area contributed by atoms with Crippen LogP contribution < -0.4 is 0 Å². The average molecular weight is 226 g/mol. The van der Waals surface area contributed by atoms with Gasteiger partial charge in [0.1, 0.15) is 5.82 Å². The molecule has 0 aliphatic heterocycles. The van der Waals surface area contributed by atoms with Crippen molar-refractivity contribution in [2.75, 3.05) is 5.75 Å². The topological polar surface area (TPSA) is 20.2 Å². The minimum absolute atomic E-state index is 0.210. The highest BCUT2D eigenvalue weighted by molar-refractivity contribution is 7.99. The van der Waals surface area contributed by atoms with E-state index >= 15 is 0 Å². The Balaban J connectivity index is 1.92. The molecule has 1 aromatic carbocycles. The summed E-state index contributed by atoms with van der Waals surface area (Å²) in [5, 5.41) is 10.1. The van der Waals surface area contributed by atoms with Gasteiger partial charge in [0, 0.05) is 10.6 Å². The fourth-order valence-corrected chi connectivity index (χ4v) is 3.05. The van der Waals surface area contributed by atoms with Crippen molar-refractivity contribution in [2.45, 2.75) is 36.2 Å². The number of halogens is 1. The molecule has 0 radical (unpaired) electrons. The van der Waals surface area contributed by atoms with E-state index in [0.717, 1.165) is 30.6 Å². The Kier molecular flexibility index (Phi) is 3.32. The Morgan fingerprint density at radius 1 is 1.33 bits per heavy atom. The summed E-state index contributed by atoms with van der Waals surface area (Å²) < 4.78 is 12.9. The van der Waals surface area contributed by atoms with Gasteiger partial charge in [-0.2, -0.15) is 0 Å². The Morgan fingerprint density at radius 2 is 2.07 bits per heavy atom. The number of thioether (sulfide) groups is 1. The van der Waals surface area contributed by atoms with Gasteiger partial charge in [-0.1, -0.05) is 18.9 Å². The van der Waals surface area contributed by atoms with Gasteiger partial charge in [0.15, 0.2) is 0 Å². The minimum Gasteiger partial charge on any atom is -0.389 e. The van der Waals surface area contributed by atoms with Crippen LogP contribution in [0, 0.1) is 5.82 Å². The van der Waals surface area contributed by atoms with E-state index in [1.54, 1.807) is 17.8 Å². The van der Waals surface area contributed by atoms with E-state index in [9.17, 15) is 9.50 Å². The molecule has 15 heavy (non-hydrogen) atoms. The number of hydrogen-bond donors (Lipinski definition) is 1. The van der Waals surface area contributed by atoms with Crippen molar-refractivity contribution >= 4 is 11.8 Å². The summed E-state index contributed by atoms with van der Waals surface area (Å²) in [6, 6.07) is 6.54. The zero-order chi connectivity index (χ0) is 10.7. The molecule has 0 amide bonds. The SMILES string of the molecule is OC1(CSc2cccc(F)c2)CCCC1. The second kappa shape index (κ2) is 4.54. The van der Waals surface area contributed by atoms with Crippen LogP contribution in [0.5, 0.6) is 0 Å². The maximum absolute atomic E-state index is 12.9. The predicted molar refractivity (Wildman–Crippen MR) is 60.5 cm³/mol. The van der Waals surface area contributed by atoms with Gasteiger partial charge in [-0.05, 0) is 31.0 Å². The first-order valence-electron chi connectivity index (χ1n) is 5.29. The summed E-state index contributed by atoms with van der Waals surface area (Å²) in [5.74, 6) is 0.467. The Bertz CT molecular complexity index is 334. The molecule has 0 unspecified atom stereocenters. The highest BCUT2D eigenvalue weighted by atomic mass is 32.2. The molecule has 0 spiro atoms. The maximum atomic E-state index is 12.9. The van der Waals surface area contributed by atoms with Crippen molar-refractivity contribution in [3.63, 3.8) is 0 Å². The molecule has 0 heterocycles. The summed E-state index contributed by atoms with van der Waals surface area (Å²) in [7, 11) is 0. The third kappa shape index (κ3) is 2.95. The molecule has 0 aromatic heterocycles. The van der Waals surface area contributed by atoms with Crippen LogP contribution in [0.4, 0.5) is 4.39 Å². The van der Waals surface area contributed by atoms with Crippen molar-refractivity contribution < 1.29 is 9.50 Å². The molecule has 82 valence electrons. The quantitative estimate of drug-likeness (QED) is 0.798. The van der Waals surface area contributed by atoms with Crippen molar-refractivity contribution in [2.24, 2.45) is 0 Å². The minimum atomic E-state index is -0.517. The van der Waals surface area contributed by atoms with Crippen LogP contribution in [0.15, 0.2) is 29.2 Å². The third-order valence-corrected chi connectivity index (χ3v) is 4.11. The average Bonchev–Trinajstić information content (AvgIpc) is 2.63. The second-order valence-electron chi connectivity index (χ2n) is 4.18. The summed E-state index contributed by atoms with van der Waals surface area (Å²) >= 11 is 1.54. The molecule has 0 bridgehead atoms. The van der Waals surface area contributed by atoms with Crippen molar-refractivity contribution in [1.29, 1.82) is 0 Å². The normalized spacial score (nSPS) is 19.3. The van der Waals surface area contributed by atoms with Crippen molar-refractivity contribution in [3.05, 3.63) is 30.1 Å². The zero-order valence-corrected chi connectivity index (χ0v) is 9.39. The highest BCUT2D eigenvalue weighted by Crippen LogP contribution is 2.34. The summed E-state index contributed by atoms with van der Waals surface area (Å²) in [6.45, 7) is 0. The largest absolute Gasteiger partial charge is 0.389 e. The molecule has 1 nitrogen and oxygen atoms in total. The Morgan fingerprint density at radius 3 is 2.73 bits per heavy atom.